The van der Waals surface area contributed by atoms with E-state index in [4.69, 9.17) is 21.1 Å². The molecule has 2 N–H and O–H groups in total. The van der Waals surface area contributed by atoms with E-state index < -0.39 is 23.7 Å². The van der Waals surface area contributed by atoms with Crippen molar-refractivity contribution in [2.24, 2.45) is 0 Å². The third kappa shape index (κ3) is 6.65. The van der Waals surface area contributed by atoms with Gasteiger partial charge in [0.25, 0.3) is 0 Å². The molecule has 2 amide bonds. The predicted octanol–water partition coefficient (Wildman–Crippen LogP) is 4.55. The van der Waals surface area contributed by atoms with Gasteiger partial charge in [-0.3, -0.25) is 9.59 Å². The van der Waals surface area contributed by atoms with Crippen LogP contribution in [0.3, 0.4) is 0 Å². The Morgan fingerprint density at radius 2 is 2.00 bits per heavy atom. The lowest BCUT2D eigenvalue weighted by Crippen LogP contribution is -2.31. The second kappa shape index (κ2) is 11.4. The molecule has 0 spiro atoms. The molecule has 0 saturated heterocycles. The van der Waals surface area contributed by atoms with Crippen molar-refractivity contribution in [3.05, 3.63) is 63.9 Å². The molecule has 0 heterocycles. The third-order valence-corrected chi connectivity index (χ3v) is 6.05. The standard InChI is InChI=1S/C24H27ClF2N2O4/c1-14(6-9-21(30)28-12-15-7-8-19(32-2)18(26)10-15)29-22(31)13-33-20-11-16-4-3-5-17(20)24(27)23(16)25/h7-8,10,20H,1,3-6,9,11-13H2,2H3,(H,28,30)(H,29,31). The molecular weight excluding hydrogens is 454 g/mol. The van der Waals surface area contributed by atoms with Crippen LogP contribution >= 0.6 is 11.6 Å². The number of carbonyl (C=O) groups excluding carboxylic acids is 2. The van der Waals surface area contributed by atoms with Crippen LogP contribution in [0.1, 0.15) is 44.1 Å². The van der Waals surface area contributed by atoms with Crippen LogP contribution in [0.2, 0.25) is 0 Å². The molecule has 0 aromatic heterocycles. The van der Waals surface area contributed by atoms with Crippen LogP contribution in [0, 0.1) is 5.82 Å². The molecule has 1 aromatic rings. The highest BCUT2D eigenvalue weighted by Crippen LogP contribution is 2.42. The van der Waals surface area contributed by atoms with Gasteiger partial charge in [0, 0.05) is 25.1 Å². The fraction of sp³-hybridized carbons (Fsp3) is 0.417. The SMILES string of the molecule is C=C(CCC(=O)NCc1ccc(OC)c(F)c1)NC(=O)COC1CC2=C(Cl)C(F)=C1CCC2. The molecule has 33 heavy (non-hydrogen) atoms. The summed E-state index contributed by atoms with van der Waals surface area (Å²) in [5, 5.41) is 5.48. The second-order valence-corrected chi connectivity index (χ2v) is 8.39. The van der Waals surface area contributed by atoms with Crippen LogP contribution in [0.5, 0.6) is 5.75 Å². The number of fused-ring (bicyclic) bond motifs is 4. The van der Waals surface area contributed by atoms with Crippen molar-refractivity contribution in [3.8, 4) is 5.75 Å². The van der Waals surface area contributed by atoms with E-state index in [1.807, 2.05) is 0 Å². The summed E-state index contributed by atoms with van der Waals surface area (Å²) in [6.07, 6.45) is 2.45. The molecule has 2 bridgehead atoms. The first-order valence-electron chi connectivity index (χ1n) is 10.7. The fourth-order valence-corrected chi connectivity index (χ4v) is 4.15. The number of nitrogens with one attached hydrogen (secondary N) is 2. The Balaban J connectivity index is 1.36. The summed E-state index contributed by atoms with van der Waals surface area (Å²) in [5.74, 6) is -1.47. The van der Waals surface area contributed by atoms with E-state index in [9.17, 15) is 18.4 Å². The van der Waals surface area contributed by atoms with Gasteiger partial charge in [-0.2, -0.15) is 0 Å². The summed E-state index contributed by atoms with van der Waals surface area (Å²) < 4.78 is 38.6. The zero-order chi connectivity index (χ0) is 24.0. The number of ether oxygens (including phenoxy) is 2. The molecular formula is C24H27ClF2N2O4. The number of carbonyl (C=O) groups is 2. The van der Waals surface area contributed by atoms with Crippen molar-refractivity contribution < 1.29 is 27.8 Å². The number of amides is 2. The molecule has 1 unspecified atom stereocenters. The van der Waals surface area contributed by atoms with Gasteiger partial charge in [-0.15, -0.1) is 0 Å². The smallest absolute Gasteiger partial charge is 0.250 e. The van der Waals surface area contributed by atoms with Crippen molar-refractivity contribution in [1.82, 2.24) is 10.6 Å². The highest BCUT2D eigenvalue weighted by Gasteiger charge is 2.32. The molecule has 1 fully saturated rings. The molecule has 9 heteroatoms. The molecule has 1 aromatic carbocycles. The van der Waals surface area contributed by atoms with Gasteiger partial charge in [0.15, 0.2) is 11.6 Å². The maximum Gasteiger partial charge on any atom is 0.250 e. The van der Waals surface area contributed by atoms with Crippen LogP contribution < -0.4 is 15.4 Å². The van der Waals surface area contributed by atoms with Gasteiger partial charge in [0.05, 0.1) is 18.2 Å². The average molecular weight is 481 g/mol. The lowest BCUT2D eigenvalue weighted by Gasteiger charge is -2.24. The average Bonchev–Trinajstić information content (AvgIpc) is 3.08. The van der Waals surface area contributed by atoms with E-state index in [-0.39, 0.29) is 42.7 Å². The van der Waals surface area contributed by atoms with Crippen molar-refractivity contribution in [2.75, 3.05) is 13.7 Å². The van der Waals surface area contributed by atoms with Crippen LogP contribution in [0.15, 0.2) is 52.5 Å². The third-order valence-electron chi connectivity index (χ3n) is 5.62. The Morgan fingerprint density at radius 3 is 2.73 bits per heavy atom. The van der Waals surface area contributed by atoms with Crippen LogP contribution in [-0.2, 0) is 20.9 Å². The topological polar surface area (TPSA) is 76.7 Å². The minimum atomic E-state index is -0.502. The first-order valence-corrected chi connectivity index (χ1v) is 11.1. The summed E-state index contributed by atoms with van der Waals surface area (Å²) in [6, 6.07) is 4.45. The van der Waals surface area contributed by atoms with Gasteiger partial charge in [-0.25, -0.2) is 8.78 Å². The zero-order valence-corrected chi connectivity index (χ0v) is 19.2. The number of benzene rings is 1. The predicted molar refractivity (Wildman–Crippen MR) is 121 cm³/mol. The normalized spacial score (nSPS) is 17.6. The van der Waals surface area contributed by atoms with Gasteiger partial charge in [0.1, 0.15) is 12.4 Å². The molecule has 6 nitrogen and oxygen atoms in total. The number of allylic oxidation sites excluding steroid dienone is 3. The van der Waals surface area contributed by atoms with Gasteiger partial charge in [-0.05, 0) is 54.5 Å². The molecule has 1 saturated carbocycles. The Morgan fingerprint density at radius 1 is 1.21 bits per heavy atom. The van der Waals surface area contributed by atoms with Crippen LogP contribution in [-0.4, -0.2) is 31.6 Å². The molecule has 4 rings (SSSR count). The van der Waals surface area contributed by atoms with E-state index in [2.05, 4.69) is 17.2 Å². The quantitative estimate of drug-likeness (QED) is 0.515. The summed E-state index contributed by atoms with van der Waals surface area (Å²) >= 11 is 6.05. The summed E-state index contributed by atoms with van der Waals surface area (Å²) in [5.41, 5.74) is 2.31. The van der Waals surface area contributed by atoms with Crippen molar-refractivity contribution in [3.63, 3.8) is 0 Å². The van der Waals surface area contributed by atoms with Crippen molar-refractivity contribution in [2.45, 2.75) is 51.2 Å². The lowest BCUT2D eigenvalue weighted by atomic mass is 9.96. The molecule has 3 aliphatic carbocycles. The molecule has 1 atom stereocenters. The van der Waals surface area contributed by atoms with E-state index in [0.29, 0.717) is 29.7 Å². The van der Waals surface area contributed by atoms with Crippen LogP contribution in [0.25, 0.3) is 0 Å². The zero-order valence-electron chi connectivity index (χ0n) is 18.4. The van der Waals surface area contributed by atoms with Gasteiger partial charge < -0.3 is 20.1 Å². The van der Waals surface area contributed by atoms with Crippen LogP contribution in [0.4, 0.5) is 8.78 Å². The fourth-order valence-electron chi connectivity index (χ4n) is 3.85. The largest absolute Gasteiger partial charge is 0.494 e. The first-order chi connectivity index (χ1) is 15.8. The summed E-state index contributed by atoms with van der Waals surface area (Å²) in [4.78, 5) is 24.2. The first kappa shape index (κ1) is 24.9. The minimum Gasteiger partial charge on any atom is -0.494 e. The second-order valence-electron chi connectivity index (χ2n) is 8.01. The van der Waals surface area contributed by atoms with Gasteiger partial charge in [-0.1, -0.05) is 24.2 Å². The van der Waals surface area contributed by atoms with Gasteiger partial charge >= 0.3 is 0 Å². The highest BCUT2D eigenvalue weighted by atomic mass is 35.5. The Kier molecular flexibility index (Phi) is 8.63. The van der Waals surface area contributed by atoms with E-state index >= 15 is 0 Å². The van der Waals surface area contributed by atoms with Crippen molar-refractivity contribution in [1.29, 1.82) is 0 Å². The van der Waals surface area contributed by atoms with E-state index in [1.54, 1.807) is 6.07 Å². The molecule has 3 aliphatic rings. The number of hydrogen-bond acceptors (Lipinski definition) is 4. The Hall–Kier alpha value is -2.71. The monoisotopic (exact) mass is 480 g/mol. The lowest BCUT2D eigenvalue weighted by molar-refractivity contribution is -0.126. The maximum atomic E-state index is 14.4. The van der Waals surface area contributed by atoms with E-state index in [1.165, 1.54) is 19.2 Å². The Labute approximate surface area is 196 Å². The highest BCUT2D eigenvalue weighted by molar-refractivity contribution is 6.32. The maximum absolute atomic E-state index is 14.4. The number of methoxy groups -OCH3 is 1. The summed E-state index contributed by atoms with van der Waals surface area (Å²) in [6.45, 7) is 3.68. The van der Waals surface area contributed by atoms with E-state index in [0.717, 1.165) is 18.4 Å². The minimum absolute atomic E-state index is 0.103. The molecule has 0 radical (unpaired) electrons. The number of hydrogen-bond donors (Lipinski definition) is 2. The van der Waals surface area contributed by atoms with Crippen molar-refractivity contribution >= 4 is 23.4 Å². The number of halogens is 3. The molecule has 0 aliphatic heterocycles. The molecule has 178 valence electrons. The van der Waals surface area contributed by atoms with Gasteiger partial charge in [0.2, 0.25) is 11.8 Å². The number of rotatable bonds is 10. The summed E-state index contributed by atoms with van der Waals surface area (Å²) in [7, 11) is 1.38. The Bertz CT molecular complexity index is 1010.